The fourth-order valence-electron chi connectivity index (χ4n) is 3.89. The summed E-state index contributed by atoms with van der Waals surface area (Å²) < 4.78 is 23.7. The Hall–Kier alpha value is -3.11. The van der Waals surface area contributed by atoms with E-state index in [1.807, 2.05) is 26.8 Å². The van der Waals surface area contributed by atoms with E-state index in [9.17, 15) is 14.4 Å². The van der Waals surface area contributed by atoms with Crippen LogP contribution in [0.1, 0.15) is 33.3 Å². The van der Waals surface area contributed by atoms with E-state index in [1.54, 1.807) is 37.1 Å². The Bertz CT molecular complexity index is 1220. The summed E-state index contributed by atoms with van der Waals surface area (Å²) in [6.45, 7) is 8.82. The molecule has 2 aromatic rings. The molecule has 9 nitrogen and oxygen atoms in total. The van der Waals surface area contributed by atoms with Gasteiger partial charge in [0, 0.05) is 13.1 Å². The first-order valence-electron chi connectivity index (χ1n) is 11.6. The molecule has 0 bridgehead atoms. The van der Waals surface area contributed by atoms with Crippen molar-refractivity contribution in [3.63, 3.8) is 0 Å². The molecule has 10 heteroatoms. The highest BCUT2D eigenvalue weighted by Gasteiger charge is 2.26. The van der Waals surface area contributed by atoms with Crippen LogP contribution in [-0.4, -0.2) is 67.0 Å². The summed E-state index contributed by atoms with van der Waals surface area (Å²) in [6, 6.07) is 5.36. The van der Waals surface area contributed by atoms with Gasteiger partial charge in [0.05, 0.1) is 43.1 Å². The highest BCUT2D eigenvalue weighted by molar-refractivity contribution is 7.07. The van der Waals surface area contributed by atoms with Crippen LogP contribution in [0, 0.1) is 0 Å². The van der Waals surface area contributed by atoms with E-state index in [1.165, 1.54) is 10.6 Å². The Balaban J connectivity index is 2.02. The summed E-state index contributed by atoms with van der Waals surface area (Å²) >= 11 is 1.12. The zero-order valence-electron chi connectivity index (χ0n) is 20.7. The molecular formula is C25H32N2O7S. The number of carbonyl (C=O) groups is 2. The normalized spacial score (nSPS) is 19.1. The average molecular weight is 505 g/mol. The molecule has 3 rings (SSSR count). The van der Waals surface area contributed by atoms with Gasteiger partial charge < -0.3 is 23.8 Å². The van der Waals surface area contributed by atoms with E-state index < -0.39 is 5.97 Å². The summed E-state index contributed by atoms with van der Waals surface area (Å²) in [5, 5.41) is 0. The number of aromatic nitrogens is 1. The van der Waals surface area contributed by atoms with E-state index in [-0.39, 0.29) is 36.8 Å². The molecule has 1 aliphatic rings. The molecular weight excluding hydrogens is 472 g/mol. The Morgan fingerprint density at radius 1 is 1.14 bits per heavy atom. The molecule has 2 atom stereocenters. The molecule has 1 amide bonds. The number of nitrogens with zero attached hydrogens (tertiary/aromatic N) is 2. The van der Waals surface area contributed by atoms with E-state index in [0.717, 1.165) is 16.9 Å². The number of morpholine rings is 1. The number of hydrogen-bond acceptors (Lipinski definition) is 8. The van der Waals surface area contributed by atoms with E-state index >= 15 is 0 Å². The maximum Gasteiger partial charge on any atom is 0.333 e. The van der Waals surface area contributed by atoms with E-state index in [4.69, 9.17) is 18.9 Å². The average Bonchev–Trinajstić information content (AvgIpc) is 3.08. The van der Waals surface area contributed by atoms with Gasteiger partial charge in [0.1, 0.15) is 11.2 Å². The fraction of sp³-hybridized carbons (Fsp3) is 0.480. The number of benzene rings is 1. The Labute approximate surface area is 208 Å². The molecule has 0 radical (unpaired) electrons. The summed E-state index contributed by atoms with van der Waals surface area (Å²) in [5.41, 5.74) is 0.363. The molecule has 1 aromatic heterocycles. The lowest BCUT2D eigenvalue weighted by Gasteiger charge is -2.35. The molecule has 1 aromatic carbocycles. The monoisotopic (exact) mass is 504 g/mol. The quantitative estimate of drug-likeness (QED) is 0.497. The molecule has 0 N–H and O–H groups in total. The molecule has 1 fully saturated rings. The van der Waals surface area contributed by atoms with Gasteiger partial charge in [0.25, 0.3) is 5.56 Å². The van der Waals surface area contributed by atoms with Gasteiger partial charge >= 0.3 is 5.97 Å². The molecule has 1 saturated heterocycles. The maximum absolute atomic E-state index is 13.3. The van der Waals surface area contributed by atoms with Crippen LogP contribution in [0.25, 0.3) is 12.2 Å². The minimum Gasteiger partial charge on any atom is -0.493 e. The van der Waals surface area contributed by atoms with Crippen LogP contribution in [0.3, 0.4) is 0 Å². The number of hydrogen-bond donors (Lipinski definition) is 0. The second kappa shape index (κ2) is 12.0. The van der Waals surface area contributed by atoms with Crippen molar-refractivity contribution in [3.05, 3.63) is 43.3 Å². The van der Waals surface area contributed by atoms with Crippen molar-refractivity contribution in [3.8, 4) is 11.5 Å². The highest BCUT2D eigenvalue weighted by Crippen LogP contribution is 2.28. The van der Waals surface area contributed by atoms with Crippen LogP contribution in [0.5, 0.6) is 11.5 Å². The van der Waals surface area contributed by atoms with Crippen LogP contribution in [0.2, 0.25) is 0 Å². The number of amides is 1. The van der Waals surface area contributed by atoms with Crippen LogP contribution in [0.15, 0.2) is 23.0 Å². The molecule has 1 aliphatic heterocycles. The third-order valence-corrected chi connectivity index (χ3v) is 6.38. The van der Waals surface area contributed by atoms with E-state index in [0.29, 0.717) is 40.4 Å². The largest absolute Gasteiger partial charge is 0.493 e. The van der Waals surface area contributed by atoms with Crippen LogP contribution >= 0.6 is 11.3 Å². The standard InChI is InChI=1S/C25H32N2O7S/c1-6-32-19-9-8-18(10-20(19)31-5)11-21-25(30)27(23(35-21)12-24(29)33-7-2)15-22(28)26-13-16(3)34-17(4)14-26/h8-12,16-17H,6-7,13-15H2,1-5H3/b21-11-,23-12+. The Kier molecular flexibility index (Phi) is 9.11. The van der Waals surface area contributed by atoms with Gasteiger partial charge in [-0.25, -0.2) is 4.79 Å². The first kappa shape index (κ1) is 26.5. The number of ether oxygens (including phenoxy) is 4. The second-order valence-electron chi connectivity index (χ2n) is 8.14. The first-order valence-corrected chi connectivity index (χ1v) is 12.4. The summed E-state index contributed by atoms with van der Waals surface area (Å²) in [6.07, 6.45) is 2.77. The lowest BCUT2D eigenvalue weighted by atomic mass is 10.2. The van der Waals surface area contributed by atoms with Gasteiger partial charge in [-0.3, -0.25) is 14.2 Å². The van der Waals surface area contributed by atoms with Crippen LogP contribution < -0.4 is 24.2 Å². The van der Waals surface area contributed by atoms with Crippen molar-refractivity contribution in [2.24, 2.45) is 0 Å². The van der Waals surface area contributed by atoms with Crippen LogP contribution in [-0.2, 0) is 25.6 Å². The van der Waals surface area contributed by atoms with Gasteiger partial charge in [-0.2, -0.15) is 0 Å². The fourth-order valence-corrected chi connectivity index (χ4v) is 4.93. The minimum absolute atomic E-state index is 0.0917. The third-order valence-electron chi connectivity index (χ3n) is 5.32. The van der Waals surface area contributed by atoms with Crippen molar-refractivity contribution in [2.75, 3.05) is 33.4 Å². The zero-order chi connectivity index (χ0) is 25.5. The van der Waals surface area contributed by atoms with E-state index in [2.05, 4.69) is 0 Å². The maximum atomic E-state index is 13.3. The number of methoxy groups -OCH3 is 1. The summed E-state index contributed by atoms with van der Waals surface area (Å²) in [7, 11) is 1.55. The lowest BCUT2D eigenvalue weighted by Crippen LogP contribution is -2.50. The predicted octanol–water partition coefficient (Wildman–Crippen LogP) is 1.13. The molecule has 2 unspecified atom stereocenters. The van der Waals surface area contributed by atoms with Gasteiger partial charge in [0.2, 0.25) is 5.91 Å². The van der Waals surface area contributed by atoms with Crippen molar-refractivity contribution >= 4 is 35.4 Å². The first-order chi connectivity index (χ1) is 16.7. The molecule has 0 spiro atoms. The van der Waals surface area contributed by atoms with Crippen molar-refractivity contribution in [1.82, 2.24) is 9.47 Å². The Morgan fingerprint density at radius 3 is 2.49 bits per heavy atom. The van der Waals surface area contributed by atoms with Gasteiger partial charge in [-0.15, -0.1) is 11.3 Å². The van der Waals surface area contributed by atoms with Crippen molar-refractivity contribution in [2.45, 2.75) is 46.4 Å². The van der Waals surface area contributed by atoms with Crippen LogP contribution in [0.4, 0.5) is 0 Å². The zero-order valence-corrected chi connectivity index (χ0v) is 21.6. The van der Waals surface area contributed by atoms with Crippen molar-refractivity contribution in [1.29, 1.82) is 0 Å². The highest BCUT2D eigenvalue weighted by atomic mass is 32.1. The topological polar surface area (TPSA) is 96.3 Å². The molecule has 0 saturated carbocycles. The SMILES string of the molecule is CCOC(=O)/C=c1/s/c(=C\c2ccc(OCC)c(OC)c2)c(=O)n1CC(=O)N1CC(C)OC(C)C1. The van der Waals surface area contributed by atoms with Crippen molar-refractivity contribution < 1.29 is 28.5 Å². The number of thiazole rings is 1. The number of esters is 1. The lowest BCUT2D eigenvalue weighted by molar-refractivity contribution is -0.144. The van der Waals surface area contributed by atoms with Gasteiger partial charge in [-0.05, 0) is 51.5 Å². The second-order valence-corrected chi connectivity index (χ2v) is 9.20. The molecule has 2 heterocycles. The van der Waals surface area contributed by atoms with Gasteiger partial charge in [-0.1, -0.05) is 6.07 Å². The summed E-state index contributed by atoms with van der Waals surface area (Å²) in [4.78, 5) is 40.2. The molecule has 0 aliphatic carbocycles. The third kappa shape index (κ3) is 6.73. The Morgan fingerprint density at radius 2 is 1.86 bits per heavy atom. The minimum atomic E-state index is -0.571. The summed E-state index contributed by atoms with van der Waals surface area (Å²) in [5.74, 6) is 0.366. The predicted molar refractivity (Wildman–Crippen MR) is 133 cm³/mol. The van der Waals surface area contributed by atoms with Gasteiger partial charge in [0.15, 0.2) is 11.5 Å². The number of rotatable bonds is 8. The number of carbonyl (C=O) groups excluding carboxylic acids is 2. The smallest absolute Gasteiger partial charge is 0.333 e. The molecule has 190 valence electrons. The molecule has 35 heavy (non-hydrogen) atoms.